The quantitative estimate of drug-likeness (QED) is 0.481. The average Bonchev–Trinajstić information content (AvgIpc) is 2.94. The normalized spacial score (nSPS) is 21.1. The number of hydrogen-bond donors (Lipinski definition) is 2. The van der Waals surface area contributed by atoms with Gasteiger partial charge in [0, 0.05) is 67.8 Å². The molecule has 2 aliphatic heterocycles. The Balaban J connectivity index is 1.24. The molecule has 10 heteroatoms. The predicted molar refractivity (Wildman–Crippen MR) is 158 cm³/mol. The topological polar surface area (TPSA) is 104 Å². The van der Waals surface area contributed by atoms with Crippen LogP contribution in [0, 0.1) is 5.92 Å². The molecule has 3 aliphatic rings. The van der Waals surface area contributed by atoms with Gasteiger partial charge in [-0.15, -0.1) is 0 Å². The van der Waals surface area contributed by atoms with E-state index in [1.165, 1.54) is 6.42 Å². The molecule has 9 nitrogen and oxygen atoms in total. The second-order valence-corrected chi connectivity index (χ2v) is 13.4. The number of sulfonamides is 1. The number of amides is 2. The van der Waals surface area contributed by atoms with Gasteiger partial charge in [0.1, 0.15) is 5.69 Å². The third kappa shape index (κ3) is 4.93. The molecule has 3 heterocycles. The van der Waals surface area contributed by atoms with E-state index >= 15 is 0 Å². The summed E-state index contributed by atoms with van der Waals surface area (Å²) in [6, 6.07) is 14.4. The first kappa shape index (κ1) is 26.7. The summed E-state index contributed by atoms with van der Waals surface area (Å²) in [5.74, 6) is 0.195. The molecule has 2 bridgehead atoms. The van der Waals surface area contributed by atoms with Crippen molar-refractivity contribution in [2.24, 2.45) is 5.92 Å². The SMILES string of the molecule is CN(C)c1cccc2c(S(=O)(=O)Nc3ccc4n(c3=O)C[C@H]3C[C@@H]4CN(C(=O)NC4CCCCC4)C3)cccc12. The Hall–Kier alpha value is -3.53. The zero-order valence-electron chi connectivity index (χ0n) is 23.1. The van der Waals surface area contributed by atoms with Crippen molar-refractivity contribution in [2.45, 2.75) is 61.9 Å². The summed E-state index contributed by atoms with van der Waals surface area (Å²) >= 11 is 0. The lowest BCUT2D eigenvalue weighted by Gasteiger charge is -2.43. The van der Waals surface area contributed by atoms with Crippen LogP contribution >= 0.6 is 0 Å². The van der Waals surface area contributed by atoms with Crippen LogP contribution in [0.2, 0.25) is 0 Å². The van der Waals surface area contributed by atoms with E-state index < -0.39 is 10.0 Å². The van der Waals surface area contributed by atoms with E-state index in [-0.39, 0.29) is 40.1 Å². The van der Waals surface area contributed by atoms with Crippen molar-refractivity contribution in [1.29, 1.82) is 0 Å². The Morgan fingerprint density at radius 1 is 0.925 bits per heavy atom. The zero-order valence-corrected chi connectivity index (χ0v) is 23.9. The van der Waals surface area contributed by atoms with E-state index in [1.54, 1.807) is 28.8 Å². The molecule has 2 N–H and O–H groups in total. The number of benzene rings is 2. The Morgan fingerprint density at radius 3 is 2.45 bits per heavy atom. The molecular formula is C30H37N5O4S. The van der Waals surface area contributed by atoms with Crippen molar-refractivity contribution >= 4 is 38.2 Å². The summed E-state index contributed by atoms with van der Waals surface area (Å²) in [5, 5.41) is 4.64. The number of pyridine rings is 1. The van der Waals surface area contributed by atoms with Crippen molar-refractivity contribution in [2.75, 3.05) is 36.8 Å². The van der Waals surface area contributed by atoms with Gasteiger partial charge in [-0.3, -0.25) is 9.52 Å². The average molecular weight is 564 g/mol. The highest BCUT2D eigenvalue weighted by atomic mass is 32.2. The number of anilines is 2. The molecule has 1 aromatic heterocycles. The number of fused-ring (bicyclic) bond motifs is 5. The van der Waals surface area contributed by atoms with Crippen LogP contribution in [0.1, 0.15) is 50.1 Å². The molecule has 0 unspecified atom stereocenters. The molecule has 2 aromatic carbocycles. The maximum Gasteiger partial charge on any atom is 0.317 e. The number of nitrogens with one attached hydrogen (secondary N) is 2. The fraction of sp³-hybridized carbons (Fsp3) is 0.467. The summed E-state index contributed by atoms with van der Waals surface area (Å²) in [7, 11) is -0.194. The van der Waals surface area contributed by atoms with Crippen molar-refractivity contribution in [3.8, 4) is 0 Å². The van der Waals surface area contributed by atoms with Crippen molar-refractivity contribution in [3.05, 3.63) is 64.6 Å². The number of hydrogen-bond acceptors (Lipinski definition) is 5. The van der Waals surface area contributed by atoms with Gasteiger partial charge < -0.3 is 19.7 Å². The first-order valence-electron chi connectivity index (χ1n) is 14.2. The van der Waals surface area contributed by atoms with Crippen LogP contribution in [0.25, 0.3) is 10.8 Å². The number of piperidine rings is 1. The summed E-state index contributed by atoms with van der Waals surface area (Å²) in [5.41, 5.74) is 1.47. The third-order valence-electron chi connectivity index (χ3n) is 8.70. The Morgan fingerprint density at radius 2 is 1.68 bits per heavy atom. The van der Waals surface area contributed by atoms with Crippen LogP contribution in [-0.4, -0.2) is 57.1 Å². The van der Waals surface area contributed by atoms with Crippen molar-refractivity contribution in [1.82, 2.24) is 14.8 Å². The van der Waals surface area contributed by atoms with E-state index in [2.05, 4.69) is 10.0 Å². The molecule has 1 aliphatic carbocycles. The van der Waals surface area contributed by atoms with Crippen LogP contribution in [0.5, 0.6) is 0 Å². The number of nitrogens with zero attached hydrogens (tertiary/aromatic N) is 3. The largest absolute Gasteiger partial charge is 0.377 e. The lowest BCUT2D eigenvalue weighted by Crippen LogP contribution is -2.53. The van der Waals surface area contributed by atoms with Gasteiger partial charge in [-0.1, -0.05) is 43.5 Å². The third-order valence-corrected chi connectivity index (χ3v) is 10.1. The van der Waals surface area contributed by atoms with E-state index in [4.69, 9.17) is 0 Å². The molecule has 0 radical (unpaired) electrons. The van der Waals surface area contributed by atoms with Crippen LogP contribution in [0.15, 0.2) is 58.2 Å². The van der Waals surface area contributed by atoms with Gasteiger partial charge in [0.2, 0.25) is 0 Å². The Bertz CT molecular complexity index is 1610. The molecule has 2 atom stereocenters. The Kier molecular flexibility index (Phi) is 6.98. The minimum absolute atomic E-state index is 0.00529. The monoisotopic (exact) mass is 563 g/mol. The van der Waals surface area contributed by atoms with Gasteiger partial charge >= 0.3 is 6.03 Å². The maximum atomic E-state index is 13.6. The molecule has 1 saturated carbocycles. The summed E-state index contributed by atoms with van der Waals surface area (Å²) in [6.45, 7) is 1.62. The smallest absolute Gasteiger partial charge is 0.317 e. The zero-order chi connectivity index (χ0) is 28.0. The predicted octanol–water partition coefficient (Wildman–Crippen LogP) is 4.33. The first-order chi connectivity index (χ1) is 19.2. The number of aromatic nitrogens is 1. The minimum atomic E-state index is -4.03. The highest BCUT2D eigenvalue weighted by molar-refractivity contribution is 7.93. The van der Waals surface area contributed by atoms with E-state index in [0.29, 0.717) is 25.0 Å². The van der Waals surface area contributed by atoms with Gasteiger partial charge in [-0.25, -0.2) is 13.2 Å². The molecule has 0 spiro atoms. The molecule has 6 rings (SSSR count). The number of rotatable bonds is 5. The molecule has 2 fully saturated rings. The summed E-state index contributed by atoms with van der Waals surface area (Å²) in [6.07, 6.45) is 6.56. The lowest BCUT2D eigenvalue weighted by atomic mass is 9.83. The van der Waals surface area contributed by atoms with Crippen LogP contribution in [-0.2, 0) is 16.6 Å². The van der Waals surface area contributed by atoms with Gasteiger partial charge in [0.05, 0.1) is 4.90 Å². The van der Waals surface area contributed by atoms with E-state index in [1.807, 2.05) is 48.2 Å². The second kappa shape index (κ2) is 10.5. The number of carbonyl (C=O) groups is 1. The molecule has 3 aromatic rings. The van der Waals surface area contributed by atoms with Crippen molar-refractivity contribution < 1.29 is 13.2 Å². The fourth-order valence-electron chi connectivity index (χ4n) is 6.79. The van der Waals surface area contributed by atoms with Crippen molar-refractivity contribution in [3.63, 3.8) is 0 Å². The number of urea groups is 1. The van der Waals surface area contributed by atoms with Crippen LogP contribution in [0.3, 0.4) is 0 Å². The van der Waals surface area contributed by atoms with Gasteiger partial charge in [0.25, 0.3) is 15.6 Å². The number of carbonyl (C=O) groups excluding carboxylic acids is 1. The van der Waals surface area contributed by atoms with Crippen LogP contribution < -0.4 is 20.5 Å². The lowest BCUT2D eigenvalue weighted by molar-refractivity contribution is 0.127. The summed E-state index contributed by atoms with van der Waals surface area (Å²) < 4.78 is 31.4. The molecule has 2 amide bonds. The first-order valence-corrected chi connectivity index (χ1v) is 15.7. The van der Waals surface area contributed by atoms with Crippen LogP contribution in [0.4, 0.5) is 16.2 Å². The van der Waals surface area contributed by atoms with Gasteiger partial charge in [0.15, 0.2) is 0 Å². The van der Waals surface area contributed by atoms with E-state index in [9.17, 15) is 18.0 Å². The Labute approximate surface area is 235 Å². The molecule has 212 valence electrons. The minimum Gasteiger partial charge on any atom is -0.377 e. The second-order valence-electron chi connectivity index (χ2n) is 11.7. The van der Waals surface area contributed by atoms with E-state index in [0.717, 1.165) is 48.9 Å². The van der Waals surface area contributed by atoms with Gasteiger partial charge in [-0.05, 0) is 49.4 Å². The molecule has 40 heavy (non-hydrogen) atoms. The molecular weight excluding hydrogens is 526 g/mol. The highest BCUT2D eigenvalue weighted by Gasteiger charge is 2.37. The highest BCUT2D eigenvalue weighted by Crippen LogP contribution is 2.36. The summed E-state index contributed by atoms with van der Waals surface area (Å²) in [4.78, 5) is 30.6. The fourth-order valence-corrected chi connectivity index (χ4v) is 8.07. The number of likely N-dealkylation sites (tertiary alicyclic amines) is 1. The molecule has 1 saturated heterocycles. The van der Waals surface area contributed by atoms with Gasteiger partial charge in [-0.2, -0.15) is 0 Å². The maximum absolute atomic E-state index is 13.6. The standard InChI is InChI=1S/C30H37N5O4S/c1-33(2)27-12-6-11-24-23(27)10-7-13-28(24)40(38,39)32-25-14-15-26-21-16-20(18-35(26)29(25)36)17-34(19-21)30(37)31-22-8-4-3-5-9-22/h6-7,10-15,20-22,32H,3-5,8-9,16-19H2,1-2H3,(H,31,37)/t20-,21+/m0/s1.